The van der Waals surface area contributed by atoms with Crippen LogP contribution in [0.5, 0.6) is 0 Å². The zero-order valence-corrected chi connectivity index (χ0v) is 13.2. The van der Waals surface area contributed by atoms with Gasteiger partial charge in [0, 0.05) is 18.5 Å². The molecular formula is C17H22N4O. The fraction of sp³-hybridized carbons (Fsp3) is 0.412. The van der Waals surface area contributed by atoms with Crippen LogP contribution in [0.2, 0.25) is 0 Å². The number of nitrogens with zero attached hydrogens (tertiary/aromatic N) is 3. The van der Waals surface area contributed by atoms with Gasteiger partial charge in [-0.2, -0.15) is 0 Å². The molecule has 2 heterocycles. The molecule has 5 heteroatoms. The molecule has 0 bridgehead atoms. The van der Waals surface area contributed by atoms with Crippen molar-refractivity contribution >= 4 is 27.8 Å². The highest BCUT2D eigenvalue weighted by Crippen LogP contribution is 2.29. The van der Waals surface area contributed by atoms with Gasteiger partial charge in [0.15, 0.2) is 5.82 Å². The van der Waals surface area contributed by atoms with E-state index >= 15 is 0 Å². The Hall–Kier alpha value is -2.14. The molecule has 0 saturated carbocycles. The van der Waals surface area contributed by atoms with Crippen LogP contribution in [0.3, 0.4) is 0 Å². The molecule has 0 aliphatic heterocycles. The molecular weight excluding hydrogens is 276 g/mol. The third kappa shape index (κ3) is 2.76. The van der Waals surface area contributed by atoms with Crippen molar-refractivity contribution in [2.45, 2.75) is 33.4 Å². The lowest BCUT2D eigenvalue weighted by Gasteiger charge is -2.12. The summed E-state index contributed by atoms with van der Waals surface area (Å²) < 4.78 is 2.19. The fourth-order valence-corrected chi connectivity index (χ4v) is 2.68. The van der Waals surface area contributed by atoms with Crippen LogP contribution in [-0.2, 0) is 6.54 Å². The molecule has 5 nitrogen and oxygen atoms in total. The number of anilines is 1. The summed E-state index contributed by atoms with van der Waals surface area (Å²) in [4.78, 5) is 9.23. The lowest BCUT2D eigenvalue weighted by atomic mass is 10.1. The molecule has 1 atom stereocenters. The molecule has 0 unspecified atom stereocenters. The average molecular weight is 298 g/mol. The summed E-state index contributed by atoms with van der Waals surface area (Å²) in [6.07, 6.45) is 1.45. The first-order valence-corrected chi connectivity index (χ1v) is 7.71. The highest BCUT2D eigenvalue weighted by Gasteiger charge is 2.14. The van der Waals surface area contributed by atoms with E-state index in [1.807, 2.05) is 24.5 Å². The van der Waals surface area contributed by atoms with Crippen molar-refractivity contribution in [1.29, 1.82) is 0 Å². The van der Waals surface area contributed by atoms with Crippen molar-refractivity contribution in [1.82, 2.24) is 14.5 Å². The van der Waals surface area contributed by atoms with E-state index in [0.29, 0.717) is 12.5 Å². The number of benzene rings is 1. The van der Waals surface area contributed by atoms with Crippen LogP contribution in [0.15, 0.2) is 30.6 Å². The van der Waals surface area contributed by atoms with Crippen LogP contribution in [0.4, 0.5) is 5.82 Å². The number of aromatic nitrogens is 3. The summed E-state index contributed by atoms with van der Waals surface area (Å²) >= 11 is 0. The second kappa shape index (κ2) is 5.93. The summed E-state index contributed by atoms with van der Waals surface area (Å²) in [6.45, 7) is 7.52. The van der Waals surface area contributed by atoms with Crippen LogP contribution in [0, 0.1) is 5.92 Å². The highest BCUT2D eigenvalue weighted by atomic mass is 16.3. The van der Waals surface area contributed by atoms with Crippen LogP contribution in [0.1, 0.15) is 20.8 Å². The molecule has 0 saturated heterocycles. The SMILES string of the molecule is CC(C)Cn1cnc2c(NC[C@@H](C)O)nc3ccccc3c21. The van der Waals surface area contributed by atoms with Gasteiger partial charge in [0.05, 0.1) is 23.5 Å². The number of pyridine rings is 1. The van der Waals surface area contributed by atoms with Crippen molar-refractivity contribution in [2.75, 3.05) is 11.9 Å². The molecule has 1 aromatic carbocycles. The first-order chi connectivity index (χ1) is 10.6. The number of fused-ring (bicyclic) bond motifs is 3. The Balaban J connectivity index is 2.20. The molecule has 0 radical (unpaired) electrons. The minimum atomic E-state index is -0.430. The smallest absolute Gasteiger partial charge is 0.155 e. The Bertz CT molecular complexity index is 792. The maximum absolute atomic E-state index is 9.51. The quantitative estimate of drug-likeness (QED) is 0.760. The van der Waals surface area contributed by atoms with Gasteiger partial charge in [-0.15, -0.1) is 0 Å². The van der Waals surface area contributed by atoms with E-state index in [-0.39, 0.29) is 0 Å². The Kier molecular flexibility index (Phi) is 3.98. The van der Waals surface area contributed by atoms with E-state index in [9.17, 15) is 5.11 Å². The van der Waals surface area contributed by atoms with Crippen molar-refractivity contribution < 1.29 is 5.11 Å². The van der Waals surface area contributed by atoms with Crippen molar-refractivity contribution in [3.8, 4) is 0 Å². The Morgan fingerprint density at radius 3 is 2.73 bits per heavy atom. The molecule has 0 spiro atoms. The van der Waals surface area contributed by atoms with Gasteiger partial charge in [-0.3, -0.25) is 0 Å². The van der Waals surface area contributed by atoms with Gasteiger partial charge < -0.3 is 15.0 Å². The van der Waals surface area contributed by atoms with E-state index in [4.69, 9.17) is 0 Å². The van der Waals surface area contributed by atoms with Crippen molar-refractivity contribution in [3.05, 3.63) is 30.6 Å². The number of hydrogen-bond acceptors (Lipinski definition) is 4. The Labute approximate surface area is 130 Å². The largest absolute Gasteiger partial charge is 0.392 e. The molecule has 0 amide bonds. The van der Waals surface area contributed by atoms with Gasteiger partial charge in [0.2, 0.25) is 0 Å². The van der Waals surface area contributed by atoms with Crippen LogP contribution in [-0.4, -0.2) is 32.3 Å². The van der Waals surface area contributed by atoms with Gasteiger partial charge in [0.25, 0.3) is 0 Å². The third-order valence-corrected chi connectivity index (χ3v) is 3.58. The lowest BCUT2D eigenvalue weighted by molar-refractivity contribution is 0.208. The number of imidazole rings is 1. The number of nitrogens with one attached hydrogen (secondary N) is 1. The fourth-order valence-electron chi connectivity index (χ4n) is 2.68. The summed E-state index contributed by atoms with van der Waals surface area (Å²) in [6, 6.07) is 8.11. The summed E-state index contributed by atoms with van der Waals surface area (Å²) in [5.74, 6) is 1.27. The summed E-state index contributed by atoms with van der Waals surface area (Å²) in [5.41, 5.74) is 2.90. The standard InChI is InChI=1S/C17H22N4O/c1-11(2)9-21-10-19-15-16(21)13-6-4-5-7-14(13)20-17(15)18-8-12(3)22/h4-7,10-12,22H,8-9H2,1-3H3,(H,18,20)/t12-/m1/s1. The second-order valence-corrected chi connectivity index (χ2v) is 6.20. The van der Waals surface area contributed by atoms with Gasteiger partial charge in [-0.05, 0) is 18.9 Å². The maximum Gasteiger partial charge on any atom is 0.155 e. The third-order valence-electron chi connectivity index (χ3n) is 3.58. The normalized spacial score (nSPS) is 13.1. The summed E-state index contributed by atoms with van der Waals surface area (Å²) in [5, 5.41) is 13.8. The number of hydrogen-bond donors (Lipinski definition) is 2. The molecule has 116 valence electrons. The predicted molar refractivity (Wildman–Crippen MR) is 90.0 cm³/mol. The van der Waals surface area contributed by atoms with Gasteiger partial charge in [0.1, 0.15) is 5.52 Å². The number of aliphatic hydroxyl groups excluding tert-OH is 1. The van der Waals surface area contributed by atoms with E-state index in [1.54, 1.807) is 6.92 Å². The molecule has 2 N–H and O–H groups in total. The number of para-hydroxylation sites is 1. The van der Waals surface area contributed by atoms with Crippen molar-refractivity contribution in [3.63, 3.8) is 0 Å². The van der Waals surface area contributed by atoms with Crippen LogP contribution < -0.4 is 5.32 Å². The molecule has 2 aromatic heterocycles. The molecule has 3 aromatic rings. The zero-order valence-electron chi connectivity index (χ0n) is 13.2. The minimum Gasteiger partial charge on any atom is -0.392 e. The van der Waals surface area contributed by atoms with Crippen LogP contribution >= 0.6 is 0 Å². The second-order valence-electron chi connectivity index (χ2n) is 6.20. The zero-order chi connectivity index (χ0) is 15.7. The van der Waals surface area contributed by atoms with Crippen molar-refractivity contribution in [2.24, 2.45) is 5.92 Å². The van der Waals surface area contributed by atoms with Gasteiger partial charge >= 0.3 is 0 Å². The van der Waals surface area contributed by atoms with Gasteiger partial charge in [-0.25, -0.2) is 9.97 Å². The number of rotatable bonds is 5. The minimum absolute atomic E-state index is 0.430. The highest BCUT2D eigenvalue weighted by molar-refractivity contribution is 6.06. The molecule has 0 aliphatic rings. The maximum atomic E-state index is 9.51. The first kappa shape index (κ1) is 14.8. The summed E-state index contributed by atoms with van der Waals surface area (Å²) in [7, 11) is 0. The average Bonchev–Trinajstić information content (AvgIpc) is 2.88. The Morgan fingerprint density at radius 1 is 1.23 bits per heavy atom. The predicted octanol–water partition coefficient (Wildman–Crippen LogP) is 3.03. The Morgan fingerprint density at radius 2 is 2.00 bits per heavy atom. The van der Waals surface area contributed by atoms with Gasteiger partial charge in [-0.1, -0.05) is 32.0 Å². The van der Waals surface area contributed by atoms with E-state index < -0.39 is 6.10 Å². The topological polar surface area (TPSA) is 63.0 Å². The first-order valence-electron chi connectivity index (χ1n) is 7.71. The molecule has 22 heavy (non-hydrogen) atoms. The van der Waals surface area contributed by atoms with E-state index in [2.05, 4.69) is 39.8 Å². The molecule has 0 aliphatic carbocycles. The molecule has 0 fully saturated rings. The monoisotopic (exact) mass is 298 g/mol. The van der Waals surface area contributed by atoms with Crippen LogP contribution in [0.25, 0.3) is 21.9 Å². The van der Waals surface area contributed by atoms with E-state index in [1.165, 1.54) is 0 Å². The number of aliphatic hydroxyl groups is 1. The molecule has 3 rings (SSSR count). The lowest BCUT2D eigenvalue weighted by Crippen LogP contribution is -2.16. The van der Waals surface area contributed by atoms with E-state index in [0.717, 1.165) is 34.3 Å².